The number of aromatic nitrogens is 2. The fourth-order valence-corrected chi connectivity index (χ4v) is 1.17. The maximum Gasteiger partial charge on any atom is 0.176 e. The van der Waals surface area contributed by atoms with Crippen LogP contribution in [-0.4, -0.2) is 4.98 Å². The van der Waals surface area contributed by atoms with E-state index in [0.29, 0.717) is 0 Å². The molecule has 0 saturated heterocycles. The van der Waals surface area contributed by atoms with Gasteiger partial charge < -0.3 is 4.98 Å². The number of hydrogen-bond acceptors (Lipinski definition) is 0. The molecule has 0 bridgehead atoms. The molecule has 0 spiro atoms. The zero-order chi connectivity index (χ0) is 6.97. The van der Waals surface area contributed by atoms with E-state index in [1.807, 2.05) is 18.6 Å². The van der Waals surface area contributed by atoms with Crippen molar-refractivity contribution >= 4 is 10.9 Å². The summed E-state index contributed by atoms with van der Waals surface area (Å²) in [4.78, 5) is 6.24. The van der Waals surface area contributed by atoms with Gasteiger partial charge in [-0.25, -0.2) is 4.98 Å². The second-order valence-electron chi connectivity index (χ2n) is 2.45. The molecule has 0 aromatic carbocycles. The highest BCUT2D eigenvalue weighted by atomic mass is 14.7. The fraction of sp³-hybridized carbons (Fsp3) is 0.125. The molecule has 50 valence electrons. The minimum atomic E-state index is 1.22. The number of fused-ring (bicyclic) bond motifs is 1. The summed E-state index contributed by atoms with van der Waals surface area (Å²) in [5.41, 5.74) is 2.47. The summed E-state index contributed by atoms with van der Waals surface area (Å²) < 4.78 is 0. The van der Waals surface area contributed by atoms with Crippen LogP contribution in [0, 0.1) is 6.92 Å². The number of aromatic amines is 2. The summed E-state index contributed by atoms with van der Waals surface area (Å²) in [5.74, 6) is 0. The van der Waals surface area contributed by atoms with Crippen molar-refractivity contribution in [1.29, 1.82) is 0 Å². The average molecular weight is 133 g/mol. The summed E-state index contributed by atoms with van der Waals surface area (Å²) >= 11 is 0. The molecule has 2 aromatic rings. The van der Waals surface area contributed by atoms with Crippen molar-refractivity contribution in [2.75, 3.05) is 0 Å². The Morgan fingerprint density at radius 2 is 2.30 bits per heavy atom. The second kappa shape index (κ2) is 1.84. The molecule has 2 heteroatoms. The van der Waals surface area contributed by atoms with Crippen LogP contribution in [0.15, 0.2) is 24.7 Å². The van der Waals surface area contributed by atoms with Crippen LogP contribution in [-0.2, 0) is 0 Å². The summed E-state index contributed by atoms with van der Waals surface area (Å²) in [5, 5.41) is 1.24. The van der Waals surface area contributed by atoms with Gasteiger partial charge in [0.05, 0.1) is 10.9 Å². The molecule has 0 amide bonds. The van der Waals surface area contributed by atoms with Gasteiger partial charge in [0, 0.05) is 11.8 Å². The van der Waals surface area contributed by atoms with Crippen molar-refractivity contribution in [3.8, 4) is 0 Å². The van der Waals surface area contributed by atoms with Crippen molar-refractivity contribution in [2.45, 2.75) is 6.92 Å². The Kier molecular flexibility index (Phi) is 1.01. The van der Waals surface area contributed by atoms with Gasteiger partial charge >= 0.3 is 0 Å². The van der Waals surface area contributed by atoms with Gasteiger partial charge in [-0.05, 0) is 13.0 Å². The minimum Gasteiger partial charge on any atom is -0.361 e. The molecule has 0 radical (unpaired) electrons. The third-order valence-electron chi connectivity index (χ3n) is 1.71. The number of H-pyrrole nitrogens is 2. The van der Waals surface area contributed by atoms with E-state index in [2.05, 4.69) is 23.0 Å². The van der Waals surface area contributed by atoms with Gasteiger partial charge in [-0.2, -0.15) is 0 Å². The molecule has 2 aromatic heterocycles. The lowest BCUT2D eigenvalue weighted by molar-refractivity contribution is -0.376. The van der Waals surface area contributed by atoms with Gasteiger partial charge in [0.15, 0.2) is 12.4 Å². The van der Waals surface area contributed by atoms with E-state index < -0.39 is 0 Å². The molecule has 0 aliphatic rings. The first kappa shape index (κ1) is 5.47. The first-order valence-electron chi connectivity index (χ1n) is 3.32. The zero-order valence-corrected chi connectivity index (χ0v) is 5.81. The predicted molar refractivity (Wildman–Crippen MR) is 39.6 cm³/mol. The lowest BCUT2D eigenvalue weighted by Gasteiger charge is -1.87. The Balaban J connectivity index is 2.95. The summed E-state index contributed by atoms with van der Waals surface area (Å²) in [6.07, 6.45) is 5.92. The Morgan fingerprint density at radius 3 is 3.10 bits per heavy atom. The first-order chi connectivity index (χ1) is 4.88. The number of pyridine rings is 1. The van der Waals surface area contributed by atoms with Gasteiger partial charge in [-0.3, -0.25) is 0 Å². The van der Waals surface area contributed by atoms with E-state index in [-0.39, 0.29) is 0 Å². The van der Waals surface area contributed by atoms with Crippen LogP contribution in [0.3, 0.4) is 0 Å². The Bertz CT molecular complexity index is 349. The average Bonchev–Trinajstić information content (AvgIpc) is 2.36. The second-order valence-corrected chi connectivity index (χ2v) is 2.45. The van der Waals surface area contributed by atoms with Crippen LogP contribution in [0.25, 0.3) is 10.9 Å². The number of rotatable bonds is 0. The summed E-state index contributed by atoms with van der Waals surface area (Å²) in [7, 11) is 0. The van der Waals surface area contributed by atoms with Crippen molar-refractivity contribution in [1.82, 2.24) is 4.98 Å². The van der Waals surface area contributed by atoms with Crippen molar-refractivity contribution in [3.05, 3.63) is 30.2 Å². The fourth-order valence-electron chi connectivity index (χ4n) is 1.17. The normalized spacial score (nSPS) is 10.5. The number of aryl methyl sites for hydroxylation is 1. The van der Waals surface area contributed by atoms with E-state index >= 15 is 0 Å². The molecule has 0 fully saturated rings. The van der Waals surface area contributed by atoms with Crippen molar-refractivity contribution in [2.24, 2.45) is 0 Å². The Labute approximate surface area is 58.9 Å². The molecule has 2 rings (SSSR count). The summed E-state index contributed by atoms with van der Waals surface area (Å²) in [6, 6.07) is 2.05. The van der Waals surface area contributed by atoms with E-state index in [4.69, 9.17) is 0 Å². The molecule has 10 heavy (non-hydrogen) atoms. The molecule has 0 aliphatic heterocycles. The molecular weight excluding hydrogens is 124 g/mol. The Hall–Kier alpha value is -1.31. The monoisotopic (exact) mass is 133 g/mol. The SMILES string of the molecule is Cc1c[nH+]cc2cc[nH]c12. The molecule has 2 N–H and O–H groups in total. The maximum absolute atomic E-state index is 3.17. The van der Waals surface area contributed by atoms with Crippen molar-refractivity contribution in [3.63, 3.8) is 0 Å². The molecule has 0 saturated carbocycles. The Morgan fingerprint density at radius 1 is 1.40 bits per heavy atom. The summed E-state index contributed by atoms with van der Waals surface area (Å²) in [6.45, 7) is 2.08. The molecule has 2 nitrogen and oxygen atoms in total. The largest absolute Gasteiger partial charge is 0.361 e. The molecule has 0 aliphatic carbocycles. The van der Waals surface area contributed by atoms with Gasteiger partial charge in [-0.1, -0.05) is 0 Å². The van der Waals surface area contributed by atoms with Crippen LogP contribution in [0.2, 0.25) is 0 Å². The smallest absolute Gasteiger partial charge is 0.176 e. The number of hydrogen-bond donors (Lipinski definition) is 1. The van der Waals surface area contributed by atoms with Crippen LogP contribution in [0.5, 0.6) is 0 Å². The van der Waals surface area contributed by atoms with Crippen LogP contribution in [0.1, 0.15) is 5.56 Å². The van der Waals surface area contributed by atoms with E-state index in [1.165, 1.54) is 16.5 Å². The van der Waals surface area contributed by atoms with Gasteiger partial charge in [0.1, 0.15) is 0 Å². The quantitative estimate of drug-likeness (QED) is 0.561. The van der Waals surface area contributed by atoms with Crippen LogP contribution >= 0.6 is 0 Å². The van der Waals surface area contributed by atoms with Gasteiger partial charge in [0.2, 0.25) is 0 Å². The molecule has 2 heterocycles. The highest BCUT2D eigenvalue weighted by molar-refractivity contribution is 5.80. The van der Waals surface area contributed by atoms with Crippen LogP contribution in [0.4, 0.5) is 0 Å². The zero-order valence-electron chi connectivity index (χ0n) is 5.81. The van der Waals surface area contributed by atoms with E-state index in [9.17, 15) is 0 Å². The van der Waals surface area contributed by atoms with E-state index in [0.717, 1.165) is 0 Å². The topological polar surface area (TPSA) is 29.9 Å². The van der Waals surface area contributed by atoms with Gasteiger partial charge in [0.25, 0.3) is 0 Å². The molecular formula is C8H9N2+. The minimum absolute atomic E-state index is 1.22. The number of nitrogens with one attached hydrogen (secondary N) is 2. The highest BCUT2D eigenvalue weighted by Crippen LogP contribution is 2.11. The lowest BCUT2D eigenvalue weighted by Crippen LogP contribution is -1.99. The predicted octanol–water partition coefficient (Wildman–Crippen LogP) is 1.29. The highest BCUT2D eigenvalue weighted by Gasteiger charge is 1.99. The molecule has 0 unspecified atom stereocenters. The molecule has 0 atom stereocenters. The van der Waals surface area contributed by atoms with E-state index in [1.54, 1.807) is 0 Å². The third-order valence-corrected chi connectivity index (χ3v) is 1.71. The first-order valence-corrected chi connectivity index (χ1v) is 3.32. The van der Waals surface area contributed by atoms with Gasteiger partial charge in [-0.15, -0.1) is 0 Å². The van der Waals surface area contributed by atoms with Crippen LogP contribution < -0.4 is 4.98 Å². The lowest BCUT2D eigenvalue weighted by atomic mass is 10.2. The third kappa shape index (κ3) is 0.620. The van der Waals surface area contributed by atoms with Crippen molar-refractivity contribution < 1.29 is 4.98 Å². The standard InChI is InChI=1S/C8H8N2/c1-6-4-9-5-7-2-3-10-8(6)7/h2-5,10H,1H3/p+1. The maximum atomic E-state index is 3.17.